The second-order valence-corrected chi connectivity index (χ2v) is 9.81. The number of aryl methyl sites for hydroxylation is 2. The average Bonchev–Trinajstić information content (AvgIpc) is 3.31. The number of nitrogens with one attached hydrogen (secondary N) is 2. The highest BCUT2D eigenvalue weighted by Gasteiger charge is 2.47. The molecule has 1 aromatic heterocycles. The molecule has 0 bridgehead atoms. The standard InChI is InChI=1S/C27H28N4OS/c1-18-7-4-8-19(13-18)9-6-12-23-25(32)31(3)26(29)30-27(23,2)24-15-22(17-33-24)21-11-5-10-20(14-21)16-28/h4-5,7-8,10-11,13-15,17,23H,6,9,12H2,1-3H3,(H2,29,30)/t23?,27-/m0/s1. The van der Waals surface area contributed by atoms with E-state index in [1.165, 1.54) is 16.0 Å². The first-order chi connectivity index (χ1) is 15.8. The smallest absolute Gasteiger partial charge is 0.234 e. The maximum absolute atomic E-state index is 13.3. The van der Waals surface area contributed by atoms with Gasteiger partial charge in [0.1, 0.15) is 0 Å². The molecular weight excluding hydrogens is 428 g/mol. The number of hydrogen-bond acceptors (Lipinski definition) is 4. The predicted molar refractivity (Wildman–Crippen MR) is 133 cm³/mol. The van der Waals surface area contributed by atoms with E-state index >= 15 is 0 Å². The van der Waals surface area contributed by atoms with Crippen LogP contribution < -0.4 is 5.32 Å². The van der Waals surface area contributed by atoms with Crippen molar-refractivity contribution in [2.75, 3.05) is 7.05 Å². The van der Waals surface area contributed by atoms with E-state index in [0.717, 1.165) is 35.3 Å². The van der Waals surface area contributed by atoms with Gasteiger partial charge in [0.05, 0.1) is 23.1 Å². The van der Waals surface area contributed by atoms with Crippen LogP contribution in [0.25, 0.3) is 11.1 Å². The van der Waals surface area contributed by atoms with E-state index in [2.05, 4.69) is 54.0 Å². The van der Waals surface area contributed by atoms with Gasteiger partial charge in [0.25, 0.3) is 0 Å². The molecule has 0 spiro atoms. The van der Waals surface area contributed by atoms with E-state index in [0.29, 0.717) is 5.56 Å². The van der Waals surface area contributed by atoms with Crippen molar-refractivity contribution in [1.29, 1.82) is 10.7 Å². The summed E-state index contributed by atoms with van der Waals surface area (Å²) in [5.74, 6) is -0.177. The van der Waals surface area contributed by atoms with E-state index < -0.39 is 5.54 Å². The molecule has 1 aliphatic heterocycles. The van der Waals surface area contributed by atoms with Gasteiger partial charge in [0.15, 0.2) is 5.96 Å². The normalized spacial score (nSPS) is 20.4. The Morgan fingerprint density at radius 3 is 2.73 bits per heavy atom. The summed E-state index contributed by atoms with van der Waals surface area (Å²) in [5.41, 5.74) is 4.48. The number of hydrogen-bond donors (Lipinski definition) is 2. The van der Waals surface area contributed by atoms with Gasteiger partial charge in [-0.15, -0.1) is 11.3 Å². The fraction of sp³-hybridized carbons (Fsp3) is 0.296. The number of rotatable bonds is 6. The van der Waals surface area contributed by atoms with Crippen molar-refractivity contribution in [3.63, 3.8) is 0 Å². The summed E-state index contributed by atoms with van der Waals surface area (Å²) < 4.78 is 0. The lowest BCUT2D eigenvalue weighted by Gasteiger charge is -2.45. The molecule has 5 nitrogen and oxygen atoms in total. The minimum atomic E-state index is -0.664. The summed E-state index contributed by atoms with van der Waals surface area (Å²) in [6, 6.07) is 20.3. The molecule has 6 heteroatoms. The lowest BCUT2D eigenvalue weighted by atomic mass is 9.78. The molecule has 168 valence electrons. The molecule has 1 unspecified atom stereocenters. The molecule has 33 heavy (non-hydrogen) atoms. The number of amides is 1. The van der Waals surface area contributed by atoms with Crippen molar-refractivity contribution < 1.29 is 4.79 Å². The molecule has 1 saturated heterocycles. The summed E-state index contributed by atoms with van der Waals surface area (Å²) in [4.78, 5) is 15.7. The van der Waals surface area contributed by atoms with Crippen molar-refractivity contribution in [3.05, 3.63) is 81.5 Å². The first kappa shape index (κ1) is 22.8. The quantitative estimate of drug-likeness (QED) is 0.518. The van der Waals surface area contributed by atoms with E-state index in [1.807, 2.05) is 25.1 Å². The minimum Gasteiger partial charge on any atom is -0.345 e. The van der Waals surface area contributed by atoms with Gasteiger partial charge < -0.3 is 5.32 Å². The molecule has 0 aliphatic carbocycles. The summed E-state index contributed by atoms with van der Waals surface area (Å²) in [6.07, 6.45) is 2.53. The Morgan fingerprint density at radius 1 is 1.18 bits per heavy atom. The van der Waals surface area contributed by atoms with Crippen LogP contribution >= 0.6 is 11.3 Å². The topological polar surface area (TPSA) is 80.0 Å². The molecule has 2 atom stereocenters. The van der Waals surface area contributed by atoms with Crippen molar-refractivity contribution in [2.24, 2.45) is 5.92 Å². The van der Waals surface area contributed by atoms with Crippen LogP contribution in [-0.2, 0) is 16.8 Å². The first-order valence-corrected chi connectivity index (χ1v) is 12.0. The fourth-order valence-electron chi connectivity index (χ4n) is 4.56. The second-order valence-electron chi connectivity index (χ2n) is 8.90. The van der Waals surface area contributed by atoms with Crippen LogP contribution in [0.15, 0.2) is 60.0 Å². The molecule has 2 N–H and O–H groups in total. The Kier molecular flexibility index (Phi) is 6.35. The van der Waals surface area contributed by atoms with E-state index in [-0.39, 0.29) is 17.8 Å². The van der Waals surface area contributed by atoms with Crippen LogP contribution in [0.1, 0.15) is 41.3 Å². The van der Waals surface area contributed by atoms with Gasteiger partial charge >= 0.3 is 0 Å². The Bertz CT molecular complexity index is 1240. The number of carbonyl (C=O) groups excluding carboxylic acids is 1. The summed E-state index contributed by atoms with van der Waals surface area (Å²) in [7, 11) is 1.66. The molecule has 0 saturated carbocycles. The maximum Gasteiger partial charge on any atom is 0.234 e. The van der Waals surface area contributed by atoms with E-state index in [9.17, 15) is 10.1 Å². The molecular formula is C27H28N4OS. The Morgan fingerprint density at radius 2 is 1.97 bits per heavy atom. The summed E-state index contributed by atoms with van der Waals surface area (Å²) in [5, 5.41) is 23.0. The predicted octanol–water partition coefficient (Wildman–Crippen LogP) is 5.45. The minimum absolute atomic E-state index is 0.0214. The molecule has 4 rings (SSSR count). The van der Waals surface area contributed by atoms with Gasteiger partial charge in [0, 0.05) is 11.9 Å². The monoisotopic (exact) mass is 456 g/mol. The summed E-state index contributed by atoms with van der Waals surface area (Å²) >= 11 is 1.59. The number of benzene rings is 2. The molecule has 1 fully saturated rings. The van der Waals surface area contributed by atoms with Crippen LogP contribution in [0.5, 0.6) is 0 Å². The van der Waals surface area contributed by atoms with Gasteiger partial charge in [-0.1, -0.05) is 42.0 Å². The van der Waals surface area contributed by atoms with E-state index in [4.69, 9.17) is 5.41 Å². The lowest BCUT2D eigenvalue weighted by molar-refractivity contribution is -0.135. The van der Waals surface area contributed by atoms with Crippen molar-refractivity contribution >= 4 is 23.2 Å². The van der Waals surface area contributed by atoms with Crippen LogP contribution in [-0.4, -0.2) is 23.8 Å². The molecule has 1 amide bonds. The average molecular weight is 457 g/mol. The highest BCUT2D eigenvalue weighted by Crippen LogP contribution is 2.41. The third-order valence-electron chi connectivity index (χ3n) is 6.52. The Hall–Kier alpha value is -3.43. The van der Waals surface area contributed by atoms with E-state index in [1.54, 1.807) is 24.5 Å². The fourth-order valence-corrected chi connectivity index (χ4v) is 5.65. The zero-order valence-corrected chi connectivity index (χ0v) is 20.0. The molecule has 2 heterocycles. The number of nitrogens with zero attached hydrogens (tertiary/aromatic N) is 2. The zero-order valence-electron chi connectivity index (χ0n) is 19.2. The molecule has 0 radical (unpaired) electrons. The van der Waals surface area contributed by atoms with Gasteiger partial charge in [-0.05, 0) is 73.4 Å². The third-order valence-corrected chi connectivity index (χ3v) is 7.68. The van der Waals surface area contributed by atoms with Crippen LogP contribution in [0.4, 0.5) is 0 Å². The maximum atomic E-state index is 13.3. The highest BCUT2D eigenvalue weighted by atomic mass is 32.1. The highest BCUT2D eigenvalue weighted by molar-refractivity contribution is 7.10. The Balaban J connectivity index is 1.60. The van der Waals surface area contributed by atoms with Crippen molar-refractivity contribution in [1.82, 2.24) is 10.2 Å². The SMILES string of the molecule is Cc1cccc(CCCC2C(=O)N(C)C(=N)N[C@]2(C)c2cc(-c3cccc(C#N)c3)cs2)c1. The van der Waals surface area contributed by atoms with Crippen LogP contribution in [0, 0.1) is 29.6 Å². The number of thiophene rings is 1. The molecule has 3 aromatic rings. The number of nitriles is 1. The van der Waals surface area contributed by atoms with Gasteiger partial charge in [-0.25, -0.2) is 0 Å². The van der Waals surface area contributed by atoms with Crippen LogP contribution in [0.2, 0.25) is 0 Å². The third kappa shape index (κ3) is 4.55. The van der Waals surface area contributed by atoms with Crippen molar-refractivity contribution in [3.8, 4) is 17.2 Å². The van der Waals surface area contributed by atoms with Gasteiger partial charge in [-0.2, -0.15) is 5.26 Å². The Labute approximate surface area is 199 Å². The van der Waals surface area contributed by atoms with Crippen molar-refractivity contribution in [2.45, 2.75) is 38.6 Å². The van der Waals surface area contributed by atoms with Gasteiger partial charge in [0.2, 0.25) is 5.91 Å². The molecule has 2 aromatic carbocycles. The lowest BCUT2D eigenvalue weighted by Crippen LogP contribution is -2.63. The van der Waals surface area contributed by atoms with Gasteiger partial charge in [-0.3, -0.25) is 15.1 Å². The zero-order chi connectivity index (χ0) is 23.6. The summed E-state index contributed by atoms with van der Waals surface area (Å²) in [6.45, 7) is 4.13. The number of guanidine groups is 1. The largest absolute Gasteiger partial charge is 0.345 e. The molecule has 1 aliphatic rings. The second kappa shape index (κ2) is 9.21. The number of carbonyl (C=O) groups is 1. The first-order valence-electron chi connectivity index (χ1n) is 11.1. The van der Waals surface area contributed by atoms with Crippen LogP contribution in [0.3, 0.4) is 0 Å².